The third kappa shape index (κ3) is 3.25. The summed E-state index contributed by atoms with van der Waals surface area (Å²) in [6.45, 7) is 5.52. The predicted molar refractivity (Wildman–Crippen MR) is 69.7 cm³/mol. The van der Waals surface area contributed by atoms with E-state index in [9.17, 15) is 14.0 Å². The number of carbonyl (C=O) groups excluding carboxylic acids is 2. The van der Waals surface area contributed by atoms with Gasteiger partial charge in [-0.3, -0.25) is 9.59 Å². The summed E-state index contributed by atoms with van der Waals surface area (Å²) in [4.78, 5) is 23.1. The van der Waals surface area contributed by atoms with E-state index >= 15 is 0 Å². The van der Waals surface area contributed by atoms with Gasteiger partial charge in [-0.2, -0.15) is 0 Å². The molecule has 1 atom stereocenters. The van der Waals surface area contributed by atoms with Crippen molar-refractivity contribution in [2.24, 2.45) is 0 Å². The Labute approximate surface area is 107 Å². The summed E-state index contributed by atoms with van der Waals surface area (Å²) in [7, 11) is 0. The van der Waals surface area contributed by atoms with Gasteiger partial charge < -0.3 is 0 Å². The van der Waals surface area contributed by atoms with Crippen molar-refractivity contribution < 1.29 is 14.0 Å². The monoisotopic (exact) mass is 250 g/mol. The molecular formula is C15H19FO2. The van der Waals surface area contributed by atoms with Gasteiger partial charge in [0.15, 0.2) is 5.78 Å². The number of carbonyl (C=O) groups is 2. The highest BCUT2D eigenvalue weighted by atomic mass is 19.1. The van der Waals surface area contributed by atoms with Crippen LogP contribution in [0.25, 0.3) is 0 Å². The fourth-order valence-corrected chi connectivity index (χ4v) is 1.78. The zero-order valence-electron chi connectivity index (χ0n) is 11.1. The smallest absolute Gasteiger partial charge is 0.220 e. The first-order chi connectivity index (χ1) is 8.53. The molecule has 0 fully saturated rings. The van der Waals surface area contributed by atoms with Crippen molar-refractivity contribution in [1.29, 1.82) is 0 Å². The molecule has 1 aromatic carbocycles. The molecule has 0 spiro atoms. The Hall–Kier alpha value is -1.51. The van der Waals surface area contributed by atoms with Gasteiger partial charge in [-0.15, -0.1) is 0 Å². The number of ketones is 2. The SMILES string of the molecule is CCC(=O)C(F)C(=O)c1cc(CC)cc(CC)c1. The first-order valence-electron chi connectivity index (χ1n) is 6.37. The standard InChI is InChI=1S/C15H19FO2/c1-4-10-7-11(5-2)9-12(8-10)15(18)14(16)13(17)6-3/h7-9,14H,4-6H2,1-3H3. The Morgan fingerprint density at radius 2 is 1.56 bits per heavy atom. The van der Waals surface area contributed by atoms with Gasteiger partial charge in [0.1, 0.15) is 0 Å². The van der Waals surface area contributed by atoms with Crippen LogP contribution < -0.4 is 0 Å². The predicted octanol–water partition coefficient (Wildman–Crippen LogP) is 3.31. The van der Waals surface area contributed by atoms with Crippen molar-refractivity contribution in [2.75, 3.05) is 0 Å². The van der Waals surface area contributed by atoms with E-state index in [-0.39, 0.29) is 6.42 Å². The molecule has 18 heavy (non-hydrogen) atoms. The van der Waals surface area contributed by atoms with E-state index in [1.165, 1.54) is 0 Å². The van der Waals surface area contributed by atoms with Crippen LogP contribution in [-0.4, -0.2) is 17.7 Å². The highest BCUT2D eigenvalue weighted by molar-refractivity contribution is 6.13. The van der Waals surface area contributed by atoms with Gasteiger partial charge in [0.05, 0.1) is 0 Å². The minimum atomic E-state index is -2.02. The summed E-state index contributed by atoms with van der Waals surface area (Å²) in [5.41, 5.74) is 2.29. The number of alkyl halides is 1. The van der Waals surface area contributed by atoms with Crippen LogP contribution in [0.1, 0.15) is 48.7 Å². The van der Waals surface area contributed by atoms with E-state index in [2.05, 4.69) is 0 Å². The third-order valence-electron chi connectivity index (χ3n) is 3.01. The van der Waals surface area contributed by atoms with Crippen LogP contribution in [0.15, 0.2) is 18.2 Å². The van der Waals surface area contributed by atoms with E-state index in [1.807, 2.05) is 19.9 Å². The molecule has 0 aromatic heterocycles. The maximum Gasteiger partial charge on any atom is 0.220 e. The van der Waals surface area contributed by atoms with Crippen LogP contribution in [0.2, 0.25) is 0 Å². The van der Waals surface area contributed by atoms with E-state index in [1.54, 1.807) is 19.1 Å². The van der Waals surface area contributed by atoms with Gasteiger partial charge in [0.2, 0.25) is 12.0 Å². The van der Waals surface area contributed by atoms with Crippen molar-refractivity contribution in [2.45, 2.75) is 46.2 Å². The molecule has 1 rings (SSSR count). The Morgan fingerprint density at radius 1 is 1.06 bits per heavy atom. The Kier molecular flexibility index (Phi) is 5.20. The van der Waals surface area contributed by atoms with Crippen molar-refractivity contribution in [3.05, 3.63) is 34.9 Å². The Balaban J connectivity index is 3.08. The van der Waals surface area contributed by atoms with Crippen LogP contribution in [0, 0.1) is 0 Å². The lowest BCUT2D eigenvalue weighted by molar-refractivity contribution is -0.121. The second-order valence-electron chi connectivity index (χ2n) is 4.29. The molecule has 0 aliphatic carbocycles. The minimum absolute atomic E-state index is 0.0427. The van der Waals surface area contributed by atoms with E-state index < -0.39 is 17.7 Å². The highest BCUT2D eigenvalue weighted by Gasteiger charge is 2.25. The van der Waals surface area contributed by atoms with Crippen molar-refractivity contribution in [1.82, 2.24) is 0 Å². The molecule has 0 N–H and O–H groups in total. The van der Waals surface area contributed by atoms with Crippen LogP contribution in [-0.2, 0) is 17.6 Å². The number of Topliss-reactive ketones (excluding diaryl/α,β-unsaturated/α-hetero) is 2. The lowest BCUT2D eigenvalue weighted by Crippen LogP contribution is -2.25. The van der Waals surface area contributed by atoms with Crippen molar-refractivity contribution in [3.8, 4) is 0 Å². The molecule has 98 valence electrons. The van der Waals surface area contributed by atoms with E-state index in [4.69, 9.17) is 0 Å². The fraction of sp³-hybridized carbons (Fsp3) is 0.467. The number of aryl methyl sites for hydroxylation is 2. The first kappa shape index (κ1) is 14.6. The molecule has 0 radical (unpaired) electrons. The summed E-state index contributed by atoms with van der Waals surface area (Å²) in [5, 5.41) is 0. The first-order valence-corrected chi connectivity index (χ1v) is 6.37. The molecule has 1 unspecified atom stereocenters. The van der Waals surface area contributed by atoms with E-state index in [0.29, 0.717) is 5.56 Å². The van der Waals surface area contributed by atoms with Gasteiger partial charge in [0.25, 0.3) is 0 Å². The molecule has 1 aromatic rings. The lowest BCUT2D eigenvalue weighted by Gasteiger charge is -2.09. The molecule has 0 saturated carbocycles. The maximum atomic E-state index is 13.6. The number of hydrogen-bond acceptors (Lipinski definition) is 2. The lowest BCUT2D eigenvalue weighted by atomic mass is 9.97. The summed E-state index contributed by atoms with van der Waals surface area (Å²) in [5.74, 6) is -1.37. The molecule has 2 nitrogen and oxygen atoms in total. The Morgan fingerprint density at radius 3 is 1.94 bits per heavy atom. The van der Waals surface area contributed by atoms with Crippen LogP contribution >= 0.6 is 0 Å². The highest BCUT2D eigenvalue weighted by Crippen LogP contribution is 2.15. The van der Waals surface area contributed by atoms with Gasteiger partial charge >= 0.3 is 0 Å². The van der Waals surface area contributed by atoms with Crippen LogP contribution in [0.4, 0.5) is 4.39 Å². The minimum Gasteiger partial charge on any atom is -0.296 e. The maximum absolute atomic E-state index is 13.6. The summed E-state index contributed by atoms with van der Waals surface area (Å²) >= 11 is 0. The molecule has 0 amide bonds. The van der Waals surface area contributed by atoms with Gasteiger partial charge in [0, 0.05) is 12.0 Å². The number of hydrogen-bond donors (Lipinski definition) is 0. The molecule has 0 bridgehead atoms. The second-order valence-corrected chi connectivity index (χ2v) is 4.29. The largest absolute Gasteiger partial charge is 0.296 e. The molecule has 0 saturated heterocycles. The summed E-state index contributed by atoms with van der Waals surface area (Å²) < 4.78 is 13.6. The second kappa shape index (κ2) is 6.43. The summed E-state index contributed by atoms with van der Waals surface area (Å²) in [6, 6.07) is 5.36. The van der Waals surface area contributed by atoms with Crippen molar-refractivity contribution in [3.63, 3.8) is 0 Å². The average molecular weight is 250 g/mol. The van der Waals surface area contributed by atoms with Crippen LogP contribution in [0.5, 0.6) is 0 Å². The fourth-order valence-electron chi connectivity index (χ4n) is 1.78. The quantitative estimate of drug-likeness (QED) is 0.573. The molecule has 0 aliphatic heterocycles. The number of halogens is 1. The van der Waals surface area contributed by atoms with Gasteiger partial charge in [-0.25, -0.2) is 4.39 Å². The normalized spacial score (nSPS) is 12.2. The zero-order valence-corrected chi connectivity index (χ0v) is 11.1. The topological polar surface area (TPSA) is 34.1 Å². The molecule has 0 aliphatic rings. The number of benzene rings is 1. The summed E-state index contributed by atoms with van der Waals surface area (Å²) in [6.07, 6.45) is -0.410. The molecular weight excluding hydrogens is 231 g/mol. The number of rotatable bonds is 6. The third-order valence-corrected chi connectivity index (χ3v) is 3.01. The molecule has 0 heterocycles. The van der Waals surface area contributed by atoms with Gasteiger partial charge in [-0.1, -0.05) is 26.8 Å². The molecule has 3 heteroatoms. The Bertz CT molecular complexity index is 430. The van der Waals surface area contributed by atoms with Gasteiger partial charge in [-0.05, 0) is 36.1 Å². The zero-order chi connectivity index (χ0) is 13.7. The van der Waals surface area contributed by atoms with Crippen LogP contribution in [0.3, 0.4) is 0 Å². The average Bonchev–Trinajstić information content (AvgIpc) is 2.43. The van der Waals surface area contributed by atoms with Crippen molar-refractivity contribution >= 4 is 11.6 Å². The van der Waals surface area contributed by atoms with E-state index in [0.717, 1.165) is 24.0 Å².